The van der Waals surface area contributed by atoms with E-state index in [2.05, 4.69) is 34.6 Å². The Balaban J connectivity index is 5.15. The Morgan fingerprint density at radius 1 is 0.260 bits per heavy atom. The molecule has 104 heavy (non-hydrogen) atoms. The smallest absolute Gasteiger partial charge is 0.462 e. The molecule has 0 bridgehead atoms. The number of rotatable bonds is 85. The highest BCUT2D eigenvalue weighted by Crippen LogP contribution is 2.45. The summed E-state index contributed by atoms with van der Waals surface area (Å²) in [5.74, 6) is -1.30. The maximum atomic E-state index is 13.1. The third-order valence-corrected chi connectivity index (χ3v) is 21.9. The van der Waals surface area contributed by atoms with Crippen molar-refractivity contribution < 1.29 is 80.2 Å². The highest BCUT2D eigenvalue weighted by Gasteiger charge is 2.30. The Morgan fingerprint density at radius 3 is 0.654 bits per heavy atom. The fourth-order valence-electron chi connectivity index (χ4n) is 13.3. The molecule has 0 saturated carbocycles. The first kappa shape index (κ1) is 102. The SMILES string of the molecule is CCCCCCCCCCCCCCCCCCCCCCCCC(=O)O[C@H](COC(=O)CCCCCCCCCCCCCCCCCC(C)C)COP(=O)(O)OC[C@@H](O)COP(=O)(O)OC[C@@H](COC(=O)CCCCCCCCC)OC(=O)CCCCCCCCCCCCCCCCCCC. The van der Waals surface area contributed by atoms with Crippen LogP contribution >= 0.6 is 15.6 Å². The van der Waals surface area contributed by atoms with E-state index < -0.39 is 97.5 Å². The van der Waals surface area contributed by atoms with Crippen LogP contribution in [0.3, 0.4) is 0 Å². The van der Waals surface area contributed by atoms with Gasteiger partial charge in [0.15, 0.2) is 12.2 Å². The van der Waals surface area contributed by atoms with Gasteiger partial charge in [-0.2, -0.15) is 0 Å². The third-order valence-electron chi connectivity index (χ3n) is 20.0. The van der Waals surface area contributed by atoms with E-state index in [1.54, 1.807) is 0 Å². The molecule has 0 aromatic carbocycles. The summed E-state index contributed by atoms with van der Waals surface area (Å²) in [5.41, 5.74) is 0. The highest BCUT2D eigenvalue weighted by atomic mass is 31.2. The molecular weight excluding hydrogens is 1350 g/mol. The molecule has 0 aliphatic rings. The first-order valence-electron chi connectivity index (χ1n) is 44.1. The van der Waals surface area contributed by atoms with E-state index in [0.717, 1.165) is 109 Å². The van der Waals surface area contributed by atoms with E-state index >= 15 is 0 Å². The molecule has 5 atom stereocenters. The molecule has 0 aliphatic carbocycles. The molecule has 0 saturated heterocycles. The lowest BCUT2D eigenvalue weighted by atomic mass is 10.0. The van der Waals surface area contributed by atoms with Crippen molar-refractivity contribution >= 4 is 39.5 Å². The molecule has 3 N–H and O–H groups in total. The fourth-order valence-corrected chi connectivity index (χ4v) is 14.9. The van der Waals surface area contributed by atoms with E-state index in [0.29, 0.717) is 25.7 Å². The Hall–Kier alpha value is -1.94. The van der Waals surface area contributed by atoms with E-state index in [-0.39, 0.29) is 25.7 Å². The molecule has 0 aromatic rings. The number of unbranched alkanes of at least 4 members (excludes halogenated alkanes) is 57. The van der Waals surface area contributed by atoms with Gasteiger partial charge in [0.05, 0.1) is 26.4 Å². The van der Waals surface area contributed by atoms with Gasteiger partial charge in [-0.3, -0.25) is 37.3 Å². The van der Waals surface area contributed by atoms with Gasteiger partial charge >= 0.3 is 39.5 Å². The highest BCUT2D eigenvalue weighted by molar-refractivity contribution is 7.47. The molecule has 0 heterocycles. The Kier molecular flexibility index (Phi) is 76.3. The van der Waals surface area contributed by atoms with Crippen LogP contribution in [0.1, 0.15) is 458 Å². The zero-order valence-corrected chi connectivity index (χ0v) is 70.0. The van der Waals surface area contributed by atoms with E-state index in [1.165, 1.54) is 270 Å². The first-order valence-corrected chi connectivity index (χ1v) is 47.1. The maximum Gasteiger partial charge on any atom is 0.472 e. The normalized spacial score (nSPS) is 13.8. The number of aliphatic hydroxyl groups is 1. The molecule has 17 nitrogen and oxygen atoms in total. The lowest BCUT2D eigenvalue weighted by Crippen LogP contribution is -2.30. The minimum Gasteiger partial charge on any atom is -0.462 e. The summed E-state index contributed by atoms with van der Waals surface area (Å²) < 4.78 is 68.7. The monoisotopic (exact) mass is 1520 g/mol. The number of hydrogen-bond acceptors (Lipinski definition) is 15. The summed E-state index contributed by atoms with van der Waals surface area (Å²) >= 11 is 0. The second kappa shape index (κ2) is 77.8. The zero-order chi connectivity index (χ0) is 76.2. The van der Waals surface area contributed by atoms with E-state index in [4.69, 9.17) is 37.0 Å². The summed E-state index contributed by atoms with van der Waals surface area (Å²) in [7, 11) is -9.92. The zero-order valence-electron chi connectivity index (χ0n) is 68.2. The molecule has 19 heteroatoms. The van der Waals surface area contributed by atoms with Gasteiger partial charge in [-0.05, 0) is 31.6 Å². The van der Waals surface area contributed by atoms with Crippen LogP contribution in [0.4, 0.5) is 0 Å². The number of carbonyl (C=O) groups excluding carboxylic acids is 4. The minimum absolute atomic E-state index is 0.109. The molecule has 0 spiro atoms. The molecular formula is C85H166O17P2. The van der Waals surface area contributed by atoms with Crippen LogP contribution in [0.2, 0.25) is 0 Å². The van der Waals surface area contributed by atoms with Crippen molar-refractivity contribution in [2.75, 3.05) is 39.6 Å². The topological polar surface area (TPSA) is 237 Å². The summed E-state index contributed by atoms with van der Waals surface area (Å²) in [6.45, 7) is 7.34. The lowest BCUT2D eigenvalue weighted by molar-refractivity contribution is -0.161. The van der Waals surface area contributed by atoms with Gasteiger partial charge in [-0.1, -0.05) is 407 Å². The molecule has 0 rings (SSSR count). The molecule has 0 aromatic heterocycles. The van der Waals surface area contributed by atoms with Crippen LogP contribution < -0.4 is 0 Å². The second-order valence-corrected chi connectivity index (χ2v) is 34.0. The van der Waals surface area contributed by atoms with Crippen LogP contribution in [0.25, 0.3) is 0 Å². The lowest BCUT2D eigenvalue weighted by Gasteiger charge is -2.21. The maximum absolute atomic E-state index is 13.1. The number of carbonyl (C=O) groups is 4. The standard InChI is InChI=1S/C85H166O17P2/c1-6-9-12-15-18-20-22-24-26-28-29-30-31-32-34-38-43-47-51-56-61-66-71-85(90)102-81(75-96-83(88)69-64-59-54-49-45-41-39-35-36-40-44-48-53-57-62-67-78(4)5)77-100-104(93,94)98-73-79(86)72-97-103(91,92)99-76-80(74-95-82(87)68-63-58-52-17-14-11-8-3)101-84(89)70-65-60-55-50-46-42-37-33-27-25-23-21-19-16-13-10-7-2/h78-81,86H,6-77H2,1-5H3,(H,91,92)(H,93,94)/t79-,80+,81+/m0/s1. The molecule has 618 valence electrons. The first-order chi connectivity index (χ1) is 50.5. The van der Waals surface area contributed by atoms with Crippen molar-refractivity contribution in [1.29, 1.82) is 0 Å². The van der Waals surface area contributed by atoms with Gasteiger partial charge in [0, 0.05) is 25.7 Å². The van der Waals surface area contributed by atoms with Crippen molar-refractivity contribution in [2.24, 2.45) is 5.92 Å². The van der Waals surface area contributed by atoms with Crippen molar-refractivity contribution in [3.05, 3.63) is 0 Å². The van der Waals surface area contributed by atoms with Crippen molar-refractivity contribution in [3.63, 3.8) is 0 Å². The Labute approximate surface area is 638 Å². The summed E-state index contributed by atoms with van der Waals surface area (Å²) in [5, 5.41) is 10.6. The van der Waals surface area contributed by atoms with Crippen molar-refractivity contribution in [2.45, 2.75) is 477 Å². The van der Waals surface area contributed by atoms with E-state index in [1.807, 2.05) is 0 Å². The second-order valence-electron chi connectivity index (χ2n) is 31.1. The van der Waals surface area contributed by atoms with Crippen LogP contribution in [-0.2, 0) is 65.4 Å². The van der Waals surface area contributed by atoms with Crippen molar-refractivity contribution in [3.8, 4) is 0 Å². The number of phosphoric ester groups is 2. The van der Waals surface area contributed by atoms with Gasteiger partial charge in [-0.15, -0.1) is 0 Å². The van der Waals surface area contributed by atoms with Gasteiger partial charge < -0.3 is 33.8 Å². The quantitative estimate of drug-likeness (QED) is 0.0222. The molecule has 2 unspecified atom stereocenters. The van der Waals surface area contributed by atoms with Gasteiger partial charge in [0.2, 0.25) is 0 Å². The van der Waals surface area contributed by atoms with Crippen molar-refractivity contribution in [1.82, 2.24) is 0 Å². The number of phosphoric acid groups is 2. The summed E-state index contributed by atoms with van der Waals surface area (Å²) in [6.07, 6.45) is 71.1. The predicted octanol–water partition coefficient (Wildman–Crippen LogP) is 26.0. The van der Waals surface area contributed by atoms with Crippen LogP contribution in [-0.4, -0.2) is 96.7 Å². The minimum atomic E-state index is -4.96. The third kappa shape index (κ3) is 78.2. The Morgan fingerprint density at radius 2 is 0.442 bits per heavy atom. The fraction of sp³-hybridized carbons (Fsp3) is 0.953. The molecule has 0 fully saturated rings. The summed E-state index contributed by atoms with van der Waals surface area (Å²) in [6, 6.07) is 0. The average Bonchev–Trinajstić information content (AvgIpc) is 0.954. The largest absolute Gasteiger partial charge is 0.472 e. The number of ether oxygens (including phenoxy) is 4. The molecule has 0 amide bonds. The van der Waals surface area contributed by atoms with Crippen LogP contribution in [0, 0.1) is 5.92 Å². The van der Waals surface area contributed by atoms with Crippen LogP contribution in [0.5, 0.6) is 0 Å². The molecule has 0 aliphatic heterocycles. The number of aliphatic hydroxyl groups excluding tert-OH is 1. The molecule has 0 radical (unpaired) electrons. The number of esters is 4. The average molecular weight is 1520 g/mol. The predicted molar refractivity (Wildman–Crippen MR) is 428 cm³/mol. The van der Waals surface area contributed by atoms with Gasteiger partial charge in [0.25, 0.3) is 0 Å². The van der Waals surface area contributed by atoms with Crippen LogP contribution in [0.15, 0.2) is 0 Å². The Bertz CT molecular complexity index is 1980. The van der Waals surface area contributed by atoms with E-state index in [9.17, 15) is 43.2 Å². The number of hydrogen-bond donors (Lipinski definition) is 3. The van der Waals surface area contributed by atoms with Gasteiger partial charge in [-0.25, -0.2) is 9.13 Å². The summed E-state index contributed by atoms with van der Waals surface area (Å²) in [4.78, 5) is 73.0. The van der Waals surface area contributed by atoms with Gasteiger partial charge in [0.1, 0.15) is 19.3 Å².